The fourth-order valence-electron chi connectivity index (χ4n) is 4.62. The van der Waals surface area contributed by atoms with Crippen LogP contribution in [0.25, 0.3) is 11.1 Å². The van der Waals surface area contributed by atoms with E-state index in [9.17, 15) is 24.0 Å². The van der Waals surface area contributed by atoms with Crippen molar-refractivity contribution in [3.05, 3.63) is 139 Å². The minimum Gasteiger partial charge on any atom is -0.493 e. The Labute approximate surface area is 307 Å². The SMILES string of the molecule is C=CC(=O)OCCCCCOC(=O)c1ccc(-c2ccc(OC(=O)c3ccc(OC(=O)c4ccc(OCC(C)COC(=O)C=C)cc4)cc3)cc2)cc1. The Morgan fingerprint density at radius 3 is 1.45 bits per heavy atom. The van der Waals surface area contributed by atoms with Crippen molar-refractivity contribution in [3.8, 4) is 28.4 Å². The summed E-state index contributed by atoms with van der Waals surface area (Å²) in [6.45, 7) is 9.65. The minimum atomic E-state index is -0.585. The fraction of sp³-hybridized carbons (Fsp3) is 0.214. The van der Waals surface area contributed by atoms with E-state index >= 15 is 0 Å². The molecule has 4 aromatic rings. The van der Waals surface area contributed by atoms with E-state index in [4.69, 9.17) is 28.4 Å². The zero-order valence-corrected chi connectivity index (χ0v) is 29.3. The van der Waals surface area contributed by atoms with Crippen molar-refractivity contribution in [2.24, 2.45) is 5.92 Å². The van der Waals surface area contributed by atoms with Crippen LogP contribution in [0.4, 0.5) is 0 Å². The number of benzene rings is 4. The Bertz CT molecular complexity index is 1860. The van der Waals surface area contributed by atoms with Crippen LogP contribution in [-0.4, -0.2) is 56.3 Å². The van der Waals surface area contributed by atoms with Gasteiger partial charge in [-0.2, -0.15) is 0 Å². The second-order valence-corrected chi connectivity index (χ2v) is 11.7. The van der Waals surface area contributed by atoms with Gasteiger partial charge in [0, 0.05) is 18.1 Å². The predicted octanol–water partition coefficient (Wildman–Crippen LogP) is 7.59. The van der Waals surface area contributed by atoms with E-state index in [1.165, 1.54) is 24.3 Å². The lowest BCUT2D eigenvalue weighted by Crippen LogP contribution is -2.17. The summed E-state index contributed by atoms with van der Waals surface area (Å²) in [5.74, 6) is -1.45. The number of carbonyl (C=O) groups is 5. The lowest BCUT2D eigenvalue weighted by molar-refractivity contribution is -0.139. The molecule has 0 saturated carbocycles. The van der Waals surface area contributed by atoms with Gasteiger partial charge in [-0.05, 0) is 103 Å². The Morgan fingerprint density at radius 1 is 0.509 bits per heavy atom. The maximum Gasteiger partial charge on any atom is 0.343 e. The third kappa shape index (κ3) is 13.0. The molecule has 0 radical (unpaired) electrons. The number of carbonyl (C=O) groups excluding carboxylic acids is 5. The molecule has 0 fully saturated rings. The molecule has 1 unspecified atom stereocenters. The summed E-state index contributed by atoms with van der Waals surface area (Å²) < 4.78 is 31.9. The molecule has 0 aliphatic carbocycles. The van der Waals surface area contributed by atoms with Gasteiger partial charge in [0.15, 0.2) is 0 Å². The Hall–Kier alpha value is -6.49. The quantitative estimate of drug-likeness (QED) is 0.0311. The van der Waals surface area contributed by atoms with Gasteiger partial charge in [0.25, 0.3) is 0 Å². The van der Waals surface area contributed by atoms with Crippen molar-refractivity contribution in [3.63, 3.8) is 0 Å². The van der Waals surface area contributed by atoms with Crippen LogP contribution in [0.2, 0.25) is 0 Å². The first-order valence-corrected chi connectivity index (χ1v) is 16.9. The Balaban J connectivity index is 1.19. The molecule has 11 nitrogen and oxygen atoms in total. The molecular formula is C42H40O11. The Morgan fingerprint density at radius 2 is 0.925 bits per heavy atom. The first-order chi connectivity index (χ1) is 25.6. The Kier molecular flexibility index (Phi) is 15.1. The summed E-state index contributed by atoms with van der Waals surface area (Å²) >= 11 is 0. The fourth-order valence-corrected chi connectivity index (χ4v) is 4.62. The van der Waals surface area contributed by atoms with Crippen molar-refractivity contribution < 1.29 is 52.4 Å². The summed E-state index contributed by atoms with van der Waals surface area (Å²) in [4.78, 5) is 60.0. The number of rotatable bonds is 19. The van der Waals surface area contributed by atoms with Gasteiger partial charge in [-0.3, -0.25) is 0 Å². The molecule has 53 heavy (non-hydrogen) atoms. The molecule has 1 atom stereocenters. The summed E-state index contributed by atoms with van der Waals surface area (Å²) in [6, 6.07) is 26.3. The largest absolute Gasteiger partial charge is 0.493 e. The van der Waals surface area contributed by atoms with Crippen molar-refractivity contribution >= 4 is 29.8 Å². The van der Waals surface area contributed by atoms with Crippen LogP contribution in [0.15, 0.2) is 122 Å². The van der Waals surface area contributed by atoms with Gasteiger partial charge in [-0.1, -0.05) is 44.3 Å². The highest BCUT2D eigenvalue weighted by Gasteiger charge is 2.14. The van der Waals surface area contributed by atoms with Gasteiger partial charge >= 0.3 is 29.8 Å². The first-order valence-electron chi connectivity index (χ1n) is 16.9. The van der Waals surface area contributed by atoms with E-state index in [0.717, 1.165) is 29.7 Å². The molecule has 11 heteroatoms. The second kappa shape index (κ2) is 20.4. The average Bonchev–Trinajstić information content (AvgIpc) is 3.19. The third-order valence-corrected chi connectivity index (χ3v) is 7.55. The van der Waals surface area contributed by atoms with E-state index in [1.54, 1.807) is 72.8 Å². The molecule has 0 N–H and O–H groups in total. The molecule has 4 aromatic carbocycles. The predicted molar refractivity (Wildman–Crippen MR) is 196 cm³/mol. The maximum absolute atomic E-state index is 12.8. The van der Waals surface area contributed by atoms with E-state index < -0.39 is 29.8 Å². The number of hydrogen-bond acceptors (Lipinski definition) is 11. The monoisotopic (exact) mass is 720 g/mol. The third-order valence-electron chi connectivity index (χ3n) is 7.55. The van der Waals surface area contributed by atoms with Crippen LogP contribution >= 0.6 is 0 Å². The van der Waals surface area contributed by atoms with E-state index in [2.05, 4.69) is 13.2 Å². The van der Waals surface area contributed by atoms with Gasteiger partial charge < -0.3 is 28.4 Å². The topological polar surface area (TPSA) is 141 Å². The molecule has 4 rings (SSSR count). The van der Waals surface area contributed by atoms with Crippen molar-refractivity contribution in [1.82, 2.24) is 0 Å². The summed E-state index contributed by atoms with van der Waals surface area (Å²) in [7, 11) is 0. The average molecular weight is 721 g/mol. The van der Waals surface area contributed by atoms with Gasteiger partial charge in [0.05, 0.1) is 43.1 Å². The molecule has 0 aromatic heterocycles. The molecule has 274 valence electrons. The van der Waals surface area contributed by atoms with E-state index in [-0.39, 0.29) is 30.4 Å². The van der Waals surface area contributed by atoms with Gasteiger partial charge in [0.2, 0.25) is 0 Å². The van der Waals surface area contributed by atoms with Crippen LogP contribution in [0.5, 0.6) is 17.2 Å². The maximum atomic E-state index is 12.8. The van der Waals surface area contributed by atoms with Crippen LogP contribution < -0.4 is 14.2 Å². The van der Waals surface area contributed by atoms with E-state index in [0.29, 0.717) is 48.7 Å². The number of unbranched alkanes of at least 4 members (excludes halogenated alkanes) is 2. The van der Waals surface area contributed by atoms with Crippen molar-refractivity contribution in [2.45, 2.75) is 26.2 Å². The molecule has 0 aliphatic rings. The normalized spacial score (nSPS) is 11.0. The zero-order valence-electron chi connectivity index (χ0n) is 29.3. The first kappa shape index (κ1) is 39.3. The van der Waals surface area contributed by atoms with E-state index in [1.807, 2.05) is 6.92 Å². The van der Waals surface area contributed by atoms with Crippen LogP contribution in [-0.2, 0) is 23.8 Å². The smallest absolute Gasteiger partial charge is 0.343 e. The van der Waals surface area contributed by atoms with Gasteiger partial charge in [-0.25, -0.2) is 24.0 Å². The minimum absolute atomic E-state index is 0.0429. The number of hydrogen-bond donors (Lipinski definition) is 0. The summed E-state index contributed by atoms with van der Waals surface area (Å²) in [5.41, 5.74) is 2.71. The molecule has 0 amide bonds. The summed E-state index contributed by atoms with van der Waals surface area (Å²) in [5, 5.41) is 0. The lowest BCUT2D eigenvalue weighted by atomic mass is 10.0. The highest BCUT2D eigenvalue weighted by Crippen LogP contribution is 2.24. The molecular weight excluding hydrogens is 680 g/mol. The zero-order chi connectivity index (χ0) is 38.0. The van der Waals surface area contributed by atoms with Gasteiger partial charge in [0.1, 0.15) is 17.2 Å². The van der Waals surface area contributed by atoms with Crippen LogP contribution in [0.1, 0.15) is 57.3 Å². The number of esters is 5. The molecule has 0 aliphatic heterocycles. The molecule has 0 bridgehead atoms. The molecule has 0 spiro atoms. The molecule has 0 heterocycles. The van der Waals surface area contributed by atoms with Crippen LogP contribution in [0, 0.1) is 5.92 Å². The van der Waals surface area contributed by atoms with Gasteiger partial charge in [-0.15, -0.1) is 0 Å². The standard InChI is InChI=1S/C42H40O11/c1-4-38(43)48-25-7-6-8-26-49-40(45)32-11-9-30(10-12-32)31-13-21-36(22-14-31)52-42(47)34-17-23-37(24-18-34)53-41(46)33-15-19-35(20-16-33)50-27-29(3)28-51-39(44)5-2/h4-5,9-24,29H,1-2,6-8,25-28H2,3H3. The highest BCUT2D eigenvalue weighted by atomic mass is 16.6. The molecule has 0 saturated heterocycles. The highest BCUT2D eigenvalue weighted by molar-refractivity contribution is 5.93. The van der Waals surface area contributed by atoms with Crippen molar-refractivity contribution in [1.29, 1.82) is 0 Å². The second-order valence-electron chi connectivity index (χ2n) is 11.7. The van der Waals surface area contributed by atoms with Crippen LogP contribution in [0.3, 0.4) is 0 Å². The number of ether oxygens (including phenoxy) is 6. The van der Waals surface area contributed by atoms with Crippen molar-refractivity contribution in [2.75, 3.05) is 26.4 Å². The summed E-state index contributed by atoms with van der Waals surface area (Å²) in [6.07, 6.45) is 4.30. The lowest BCUT2D eigenvalue weighted by Gasteiger charge is -2.13.